The van der Waals surface area contributed by atoms with Gasteiger partial charge in [-0.2, -0.15) is 0 Å². The van der Waals surface area contributed by atoms with Crippen molar-refractivity contribution >= 4 is 0 Å². The molecular weight excluding hydrogens is 372 g/mol. The summed E-state index contributed by atoms with van der Waals surface area (Å²) in [5.41, 5.74) is 6.78. The van der Waals surface area contributed by atoms with E-state index < -0.39 is 5.60 Å². The lowest BCUT2D eigenvalue weighted by molar-refractivity contribution is -0.206. The highest BCUT2D eigenvalue weighted by molar-refractivity contribution is 5.17. The molecule has 0 spiro atoms. The van der Waals surface area contributed by atoms with Crippen LogP contribution in [0.2, 0.25) is 0 Å². The number of aliphatic hydroxyl groups is 1. The summed E-state index contributed by atoms with van der Waals surface area (Å²) in [6.45, 7) is 5.62. The summed E-state index contributed by atoms with van der Waals surface area (Å²) in [5, 5.41) is 16.5. The van der Waals surface area contributed by atoms with E-state index in [1.807, 2.05) is 0 Å². The molecule has 4 aliphatic carbocycles. The number of fused-ring (bicyclic) bond motifs is 5. The average Bonchev–Trinajstić information content (AvgIpc) is 3.28. The molecule has 5 rings (SSSR count). The zero-order valence-electron chi connectivity index (χ0n) is 19.2. The van der Waals surface area contributed by atoms with Crippen molar-refractivity contribution in [3.05, 3.63) is 17.5 Å². The van der Waals surface area contributed by atoms with Crippen molar-refractivity contribution < 1.29 is 9.63 Å². The normalized spacial score (nSPS) is 45.6. The van der Waals surface area contributed by atoms with Crippen LogP contribution in [0.4, 0.5) is 0 Å². The van der Waals surface area contributed by atoms with Crippen LogP contribution in [0.25, 0.3) is 0 Å². The second-order valence-electron chi connectivity index (χ2n) is 11.7. The molecule has 168 valence electrons. The lowest BCUT2D eigenvalue weighted by atomic mass is 9.43. The van der Waals surface area contributed by atoms with Gasteiger partial charge in [-0.15, -0.1) is 0 Å². The number of hydrogen-bond donors (Lipinski definition) is 2. The van der Waals surface area contributed by atoms with Crippen molar-refractivity contribution in [1.29, 1.82) is 0 Å². The van der Waals surface area contributed by atoms with Crippen molar-refractivity contribution in [3.63, 3.8) is 0 Å². The van der Waals surface area contributed by atoms with Crippen LogP contribution in [0.3, 0.4) is 0 Å². The molecule has 4 aliphatic rings. The number of aromatic nitrogens is 1. The Morgan fingerprint density at radius 1 is 1.03 bits per heavy atom. The van der Waals surface area contributed by atoms with E-state index in [0.717, 1.165) is 49.0 Å². The van der Waals surface area contributed by atoms with Gasteiger partial charge in [0.15, 0.2) is 0 Å². The van der Waals surface area contributed by atoms with Gasteiger partial charge in [0.2, 0.25) is 0 Å². The molecule has 0 aliphatic heterocycles. The molecule has 2 unspecified atom stereocenters. The van der Waals surface area contributed by atoms with Crippen molar-refractivity contribution in [1.82, 2.24) is 5.16 Å². The molecule has 0 radical (unpaired) electrons. The Balaban J connectivity index is 1.32. The molecule has 4 saturated carbocycles. The van der Waals surface area contributed by atoms with E-state index in [-0.39, 0.29) is 5.41 Å². The van der Waals surface area contributed by atoms with Gasteiger partial charge < -0.3 is 15.4 Å². The fourth-order valence-electron chi connectivity index (χ4n) is 8.89. The molecule has 4 heteroatoms. The van der Waals surface area contributed by atoms with E-state index in [9.17, 15) is 5.11 Å². The lowest BCUT2D eigenvalue weighted by Crippen LogP contribution is -2.61. The zero-order valence-corrected chi connectivity index (χ0v) is 19.2. The van der Waals surface area contributed by atoms with Gasteiger partial charge in [-0.1, -0.05) is 31.8 Å². The molecular formula is C26H42N2O2. The Morgan fingerprint density at radius 2 is 1.90 bits per heavy atom. The van der Waals surface area contributed by atoms with Crippen LogP contribution in [0.1, 0.15) is 95.9 Å². The van der Waals surface area contributed by atoms with Gasteiger partial charge in [0.1, 0.15) is 5.76 Å². The van der Waals surface area contributed by atoms with Gasteiger partial charge in [0, 0.05) is 12.5 Å². The van der Waals surface area contributed by atoms with Gasteiger partial charge in [-0.25, -0.2) is 0 Å². The summed E-state index contributed by atoms with van der Waals surface area (Å²) in [6, 6.07) is 2.08. The van der Waals surface area contributed by atoms with Crippen LogP contribution in [0.5, 0.6) is 0 Å². The molecule has 0 bridgehead atoms. The van der Waals surface area contributed by atoms with E-state index in [4.69, 9.17) is 10.3 Å². The number of rotatable bonds is 5. The Morgan fingerprint density at radius 3 is 2.73 bits per heavy atom. The third-order valence-corrected chi connectivity index (χ3v) is 10.7. The lowest BCUT2D eigenvalue weighted by Gasteiger charge is -2.63. The standard InChI is InChI=1S/C26H42N2O2/c1-24-13-4-3-5-18(24)7-9-23-22(24)11-14-25(2)19(10-15-26(23,25)29)6-8-20-17-21(12-16-27)30-28-20/h17-19,22-23,29H,3-16,27H2,1-2H3/t18-,19-,22?,23?,24-,25+,26-/m0/s1. The highest BCUT2D eigenvalue weighted by atomic mass is 16.5. The van der Waals surface area contributed by atoms with Gasteiger partial charge in [0.25, 0.3) is 0 Å². The maximum absolute atomic E-state index is 12.3. The summed E-state index contributed by atoms with van der Waals surface area (Å²) < 4.78 is 5.42. The number of aryl methyl sites for hydroxylation is 1. The molecule has 30 heavy (non-hydrogen) atoms. The van der Waals surface area contributed by atoms with Gasteiger partial charge in [-0.3, -0.25) is 0 Å². The molecule has 0 saturated heterocycles. The molecule has 3 N–H and O–H groups in total. The Hall–Kier alpha value is -0.870. The van der Waals surface area contributed by atoms with Crippen LogP contribution in [0, 0.1) is 34.5 Å². The Bertz CT molecular complexity index is 762. The first-order chi connectivity index (χ1) is 14.4. The minimum Gasteiger partial charge on any atom is -0.389 e. The van der Waals surface area contributed by atoms with Gasteiger partial charge >= 0.3 is 0 Å². The minimum absolute atomic E-state index is 0.0653. The maximum Gasteiger partial charge on any atom is 0.138 e. The first-order valence-electron chi connectivity index (χ1n) is 12.8. The predicted molar refractivity (Wildman–Crippen MR) is 119 cm³/mol. The molecule has 0 aromatic carbocycles. The third kappa shape index (κ3) is 3.03. The van der Waals surface area contributed by atoms with E-state index in [1.165, 1.54) is 57.8 Å². The largest absolute Gasteiger partial charge is 0.389 e. The molecule has 1 aromatic heterocycles. The molecule has 1 heterocycles. The van der Waals surface area contributed by atoms with Gasteiger partial charge in [-0.05, 0) is 105 Å². The molecule has 4 nitrogen and oxygen atoms in total. The Kier molecular flexibility index (Phi) is 5.33. The first kappa shape index (κ1) is 21.0. The highest BCUT2D eigenvalue weighted by Crippen LogP contribution is 2.69. The predicted octanol–water partition coefficient (Wildman–Crippen LogP) is 5.27. The molecule has 0 amide bonds. The highest BCUT2D eigenvalue weighted by Gasteiger charge is 2.66. The fraction of sp³-hybridized carbons (Fsp3) is 0.885. The fourth-order valence-corrected chi connectivity index (χ4v) is 8.89. The maximum atomic E-state index is 12.3. The number of hydrogen-bond acceptors (Lipinski definition) is 4. The van der Waals surface area contributed by atoms with Gasteiger partial charge in [0.05, 0.1) is 11.3 Å². The summed E-state index contributed by atoms with van der Waals surface area (Å²) in [4.78, 5) is 0. The minimum atomic E-state index is -0.458. The average molecular weight is 415 g/mol. The van der Waals surface area contributed by atoms with E-state index in [1.54, 1.807) is 0 Å². The van der Waals surface area contributed by atoms with Crippen LogP contribution in [-0.2, 0) is 12.8 Å². The SMILES string of the molecule is C[C@]12CCCC[C@H]1CCC1C2CC[C@]2(C)[C@@H](CCc3cc(CCN)on3)CC[C@]12O. The summed E-state index contributed by atoms with van der Waals surface area (Å²) in [7, 11) is 0. The van der Waals surface area contributed by atoms with E-state index in [0.29, 0.717) is 23.8 Å². The number of nitrogens with two attached hydrogens (primary N) is 1. The van der Waals surface area contributed by atoms with Crippen LogP contribution >= 0.6 is 0 Å². The molecule has 4 fully saturated rings. The zero-order chi connectivity index (χ0) is 21.0. The van der Waals surface area contributed by atoms with Crippen molar-refractivity contribution in [2.24, 2.45) is 40.2 Å². The number of nitrogens with zero attached hydrogens (tertiary/aromatic N) is 1. The van der Waals surface area contributed by atoms with Crippen LogP contribution in [-0.4, -0.2) is 22.4 Å². The molecule has 7 atom stereocenters. The monoisotopic (exact) mass is 414 g/mol. The van der Waals surface area contributed by atoms with E-state index >= 15 is 0 Å². The second-order valence-corrected chi connectivity index (χ2v) is 11.7. The summed E-state index contributed by atoms with van der Waals surface area (Å²) >= 11 is 0. The quantitative estimate of drug-likeness (QED) is 0.688. The van der Waals surface area contributed by atoms with Crippen LogP contribution in [0.15, 0.2) is 10.6 Å². The van der Waals surface area contributed by atoms with E-state index in [2.05, 4.69) is 25.1 Å². The van der Waals surface area contributed by atoms with Crippen LogP contribution < -0.4 is 5.73 Å². The topological polar surface area (TPSA) is 72.3 Å². The first-order valence-corrected chi connectivity index (χ1v) is 12.8. The summed E-state index contributed by atoms with van der Waals surface area (Å²) in [5.74, 6) is 3.66. The summed E-state index contributed by atoms with van der Waals surface area (Å²) in [6.07, 6.45) is 15.8. The van der Waals surface area contributed by atoms with Crippen molar-refractivity contribution in [2.45, 2.75) is 103 Å². The Labute approximate surface area is 182 Å². The smallest absolute Gasteiger partial charge is 0.138 e. The third-order valence-electron chi connectivity index (χ3n) is 10.7. The van der Waals surface area contributed by atoms with Crippen molar-refractivity contribution in [2.75, 3.05) is 6.54 Å². The van der Waals surface area contributed by atoms with Crippen molar-refractivity contribution in [3.8, 4) is 0 Å². The molecule has 1 aromatic rings. The second kappa shape index (κ2) is 7.62.